The number of aliphatic hydroxyl groups is 1. The lowest BCUT2D eigenvalue weighted by Gasteiger charge is -2.42. The normalized spacial score (nSPS) is 30.1. The molecule has 1 fully saturated rings. The lowest BCUT2D eigenvalue weighted by Crippen LogP contribution is -2.41. The minimum atomic E-state index is -0.519. The number of methoxy groups -OCH3 is 1. The highest BCUT2D eigenvalue weighted by Gasteiger charge is 2.41. The maximum absolute atomic E-state index is 10.7. The molecule has 1 aliphatic rings. The predicted octanol–water partition coefficient (Wildman–Crippen LogP) is 3.62. The van der Waals surface area contributed by atoms with Gasteiger partial charge in [-0.3, -0.25) is 0 Å². The van der Waals surface area contributed by atoms with E-state index in [0.717, 1.165) is 37.2 Å². The molecule has 1 unspecified atom stereocenters. The first kappa shape index (κ1) is 13.6. The molecule has 18 heavy (non-hydrogen) atoms. The fourth-order valence-electron chi connectivity index (χ4n) is 2.98. The van der Waals surface area contributed by atoms with Crippen LogP contribution in [0.1, 0.15) is 49.8 Å². The molecule has 0 radical (unpaired) electrons. The second-order valence-electron chi connectivity index (χ2n) is 5.77. The first-order valence-corrected chi connectivity index (χ1v) is 6.87. The number of aliphatic hydroxyl groups excluding tert-OH is 1. The number of ether oxygens (including phenoxy) is 1. The summed E-state index contributed by atoms with van der Waals surface area (Å²) in [5.41, 5.74) is 1.77. The third-order valence-electron chi connectivity index (χ3n) is 4.38. The summed E-state index contributed by atoms with van der Waals surface area (Å²) in [5, 5.41) is 10.7. The molecule has 1 aromatic rings. The van der Waals surface area contributed by atoms with E-state index in [4.69, 9.17) is 4.74 Å². The fraction of sp³-hybridized carbons (Fsp3) is 0.625. The average molecular weight is 248 g/mol. The SMILES string of the molecule is COC1(C(O)c2cccc(C)c2)CCC(C)CC1. The van der Waals surface area contributed by atoms with Gasteiger partial charge < -0.3 is 9.84 Å². The lowest BCUT2D eigenvalue weighted by molar-refractivity contribution is -0.130. The third-order valence-corrected chi connectivity index (χ3v) is 4.38. The fourth-order valence-corrected chi connectivity index (χ4v) is 2.98. The van der Waals surface area contributed by atoms with Crippen LogP contribution in [-0.4, -0.2) is 17.8 Å². The van der Waals surface area contributed by atoms with E-state index in [-0.39, 0.29) is 5.60 Å². The zero-order valence-corrected chi connectivity index (χ0v) is 11.6. The van der Waals surface area contributed by atoms with Gasteiger partial charge in [-0.25, -0.2) is 0 Å². The van der Waals surface area contributed by atoms with Crippen molar-refractivity contribution in [2.75, 3.05) is 7.11 Å². The summed E-state index contributed by atoms with van der Waals surface area (Å²) in [6.07, 6.45) is 3.64. The molecule has 1 aromatic carbocycles. The zero-order valence-electron chi connectivity index (χ0n) is 11.6. The highest BCUT2D eigenvalue weighted by molar-refractivity contribution is 5.26. The van der Waals surface area contributed by atoms with E-state index in [0.29, 0.717) is 0 Å². The number of rotatable bonds is 3. The highest BCUT2D eigenvalue weighted by Crippen LogP contribution is 2.42. The van der Waals surface area contributed by atoms with Crippen molar-refractivity contribution in [2.24, 2.45) is 5.92 Å². The van der Waals surface area contributed by atoms with Crippen molar-refractivity contribution >= 4 is 0 Å². The number of hydrogen-bond donors (Lipinski definition) is 1. The zero-order chi connectivity index (χ0) is 13.2. The number of aryl methyl sites for hydroxylation is 1. The van der Waals surface area contributed by atoms with Gasteiger partial charge in [0.25, 0.3) is 0 Å². The van der Waals surface area contributed by atoms with Gasteiger partial charge in [-0.15, -0.1) is 0 Å². The van der Waals surface area contributed by atoms with E-state index in [2.05, 4.69) is 26.0 Å². The number of benzene rings is 1. The molecule has 1 saturated carbocycles. The molecule has 0 amide bonds. The van der Waals surface area contributed by atoms with Crippen molar-refractivity contribution in [3.8, 4) is 0 Å². The Morgan fingerprint density at radius 2 is 2.00 bits per heavy atom. The second-order valence-corrected chi connectivity index (χ2v) is 5.77. The summed E-state index contributed by atoms with van der Waals surface area (Å²) >= 11 is 0. The summed E-state index contributed by atoms with van der Waals surface area (Å²) in [4.78, 5) is 0. The van der Waals surface area contributed by atoms with Crippen LogP contribution in [0.3, 0.4) is 0 Å². The summed E-state index contributed by atoms with van der Waals surface area (Å²) in [6, 6.07) is 8.11. The van der Waals surface area contributed by atoms with Crippen molar-refractivity contribution in [1.29, 1.82) is 0 Å². The largest absolute Gasteiger partial charge is 0.385 e. The Morgan fingerprint density at radius 3 is 2.56 bits per heavy atom. The maximum atomic E-state index is 10.7. The van der Waals surface area contributed by atoms with Crippen molar-refractivity contribution in [2.45, 2.75) is 51.2 Å². The van der Waals surface area contributed by atoms with Gasteiger partial charge in [0.2, 0.25) is 0 Å². The molecule has 0 aromatic heterocycles. The Morgan fingerprint density at radius 1 is 1.33 bits per heavy atom. The lowest BCUT2D eigenvalue weighted by atomic mass is 9.74. The smallest absolute Gasteiger partial charge is 0.108 e. The second kappa shape index (κ2) is 5.41. The molecule has 0 heterocycles. The van der Waals surface area contributed by atoms with Gasteiger partial charge in [0, 0.05) is 7.11 Å². The molecule has 0 saturated heterocycles. The molecule has 1 atom stereocenters. The van der Waals surface area contributed by atoms with Gasteiger partial charge in [-0.05, 0) is 44.1 Å². The molecular formula is C16H24O2. The van der Waals surface area contributed by atoms with Gasteiger partial charge >= 0.3 is 0 Å². The Hall–Kier alpha value is -0.860. The van der Waals surface area contributed by atoms with Gasteiger partial charge in [0.05, 0.1) is 5.60 Å². The summed E-state index contributed by atoms with van der Waals surface area (Å²) in [5.74, 6) is 0.748. The monoisotopic (exact) mass is 248 g/mol. The van der Waals surface area contributed by atoms with Gasteiger partial charge in [-0.2, -0.15) is 0 Å². The standard InChI is InChI=1S/C16H24O2/c1-12-7-9-16(18-3,10-8-12)15(17)14-6-4-5-13(2)11-14/h4-6,11-12,15,17H,7-10H2,1-3H3. The third kappa shape index (κ3) is 2.60. The molecule has 1 N–H and O–H groups in total. The van der Waals surface area contributed by atoms with Crippen LogP contribution in [0.15, 0.2) is 24.3 Å². The Labute approximate surface area is 110 Å². The van der Waals surface area contributed by atoms with Gasteiger partial charge in [0.15, 0.2) is 0 Å². The van der Waals surface area contributed by atoms with Crippen LogP contribution in [0.5, 0.6) is 0 Å². The molecule has 0 spiro atoms. The molecule has 2 heteroatoms. The van der Waals surface area contributed by atoms with Gasteiger partial charge in [0.1, 0.15) is 6.10 Å². The van der Waals surface area contributed by atoms with Crippen molar-refractivity contribution in [3.63, 3.8) is 0 Å². The van der Waals surface area contributed by atoms with Crippen LogP contribution in [0.4, 0.5) is 0 Å². The van der Waals surface area contributed by atoms with Crippen LogP contribution in [-0.2, 0) is 4.74 Å². The van der Waals surface area contributed by atoms with E-state index < -0.39 is 6.10 Å². The van der Waals surface area contributed by atoms with Crippen LogP contribution in [0.2, 0.25) is 0 Å². The van der Waals surface area contributed by atoms with Crippen molar-refractivity contribution in [3.05, 3.63) is 35.4 Å². The first-order valence-electron chi connectivity index (χ1n) is 6.87. The van der Waals surface area contributed by atoms with E-state index in [9.17, 15) is 5.11 Å². The Bertz CT molecular complexity index is 392. The molecule has 2 rings (SSSR count). The quantitative estimate of drug-likeness (QED) is 0.885. The van der Waals surface area contributed by atoms with E-state index in [1.807, 2.05) is 12.1 Å². The van der Waals surface area contributed by atoms with Crippen LogP contribution in [0, 0.1) is 12.8 Å². The molecule has 1 aliphatic carbocycles. The van der Waals surface area contributed by atoms with Crippen molar-refractivity contribution in [1.82, 2.24) is 0 Å². The molecule has 0 aliphatic heterocycles. The number of hydrogen-bond acceptors (Lipinski definition) is 2. The minimum absolute atomic E-state index is 0.389. The van der Waals surface area contributed by atoms with Gasteiger partial charge in [-0.1, -0.05) is 36.8 Å². The highest BCUT2D eigenvalue weighted by atomic mass is 16.5. The minimum Gasteiger partial charge on any atom is -0.385 e. The van der Waals surface area contributed by atoms with Crippen LogP contribution < -0.4 is 0 Å². The Kier molecular flexibility index (Phi) is 4.08. The summed E-state index contributed by atoms with van der Waals surface area (Å²) < 4.78 is 5.73. The first-order chi connectivity index (χ1) is 8.57. The molecule has 100 valence electrons. The van der Waals surface area contributed by atoms with E-state index >= 15 is 0 Å². The summed E-state index contributed by atoms with van der Waals surface area (Å²) in [6.45, 7) is 4.33. The maximum Gasteiger partial charge on any atom is 0.108 e. The predicted molar refractivity (Wildman–Crippen MR) is 73.5 cm³/mol. The van der Waals surface area contributed by atoms with Crippen molar-refractivity contribution < 1.29 is 9.84 Å². The van der Waals surface area contributed by atoms with Crippen LogP contribution in [0.25, 0.3) is 0 Å². The molecular weight excluding hydrogens is 224 g/mol. The molecule has 2 nitrogen and oxygen atoms in total. The van der Waals surface area contributed by atoms with E-state index in [1.165, 1.54) is 5.56 Å². The van der Waals surface area contributed by atoms with E-state index in [1.54, 1.807) is 7.11 Å². The topological polar surface area (TPSA) is 29.5 Å². The molecule has 0 bridgehead atoms. The Balaban J connectivity index is 2.22. The summed E-state index contributed by atoms with van der Waals surface area (Å²) in [7, 11) is 1.73. The van der Waals surface area contributed by atoms with Crippen LogP contribution >= 0.6 is 0 Å². The average Bonchev–Trinajstić information content (AvgIpc) is 2.39.